The van der Waals surface area contributed by atoms with E-state index in [1.807, 2.05) is 11.8 Å². The number of anilines is 1. The first-order valence-electron chi connectivity index (χ1n) is 12.4. The molecule has 6 heteroatoms. The summed E-state index contributed by atoms with van der Waals surface area (Å²) in [4.78, 5) is 23.7. The third-order valence-corrected chi connectivity index (χ3v) is 8.96. The van der Waals surface area contributed by atoms with Crippen LogP contribution in [0.2, 0.25) is 0 Å². The number of rotatable bonds is 6. The van der Waals surface area contributed by atoms with Crippen LogP contribution in [-0.2, 0) is 17.8 Å². The maximum atomic E-state index is 12.8. The number of aliphatic hydroxyl groups is 1. The third kappa shape index (κ3) is 3.85. The number of nitrogens with zero attached hydrogens (tertiary/aromatic N) is 3. The summed E-state index contributed by atoms with van der Waals surface area (Å²) in [5, 5.41) is 14.7. The van der Waals surface area contributed by atoms with Crippen LogP contribution in [0.15, 0.2) is 6.33 Å². The second-order valence-electron chi connectivity index (χ2n) is 11.4. The van der Waals surface area contributed by atoms with Crippen LogP contribution < -0.4 is 5.32 Å². The van der Waals surface area contributed by atoms with Crippen LogP contribution in [-0.4, -0.2) is 45.1 Å². The van der Waals surface area contributed by atoms with Crippen molar-refractivity contribution < 1.29 is 9.90 Å². The molecule has 5 aliphatic rings. The fraction of sp³-hybridized carbons (Fsp3) is 0.800. The Morgan fingerprint density at radius 1 is 1.16 bits per heavy atom. The van der Waals surface area contributed by atoms with Crippen LogP contribution in [0, 0.1) is 35.0 Å². The SMILES string of the molecule is CC(C)C(C)C(=O)N1CCc2c(ncnc2NC[C@@H](O)C23CC4CC(CC(C4)C2)C3)C1. The summed E-state index contributed by atoms with van der Waals surface area (Å²) >= 11 is 0. The monoisotopic (exact) mass is 426 g/mol. The highest BCUT2D eigenvalue weighted by Crippen LogP contribution is 2.61. The number of hydrogen-bond acceptors (Lipinski definition) is 5. The van der Waals surface area contributed by atoms with Crippen molar-refractivity contribution in [3.8, 4) is 0 Å². The molecule has 31 heavy (non-hydrogen) atoms. The molecule has 4 bridgehead atoms. The van der Waals surface area contributed by atoms with Crippen molar-refractivity contribution in [3.63, 3.8) is 0 Å². The summed E-state index contributed by atoms with van der Waals surface area (Å²) in [6, 6.07) is 0. The number of aromatic nitrogens is 2. The van der Waals surface area contributed by atoms with Gasteiger partial charge in [0, 0.05) is 24.6 Å². The summed E-state index contributed by atoms with van der Waals surface area (Å²) in [5.74, 6) is 3.93. The average molecular weight is 427 g/mol. The van der Waals surface area contributed by atoms with E-state index in [2.05, 4.69) is 29.1 Å². The summed E-state index contributed by atoms with van der Waals surface area (Å²) in [5.41, 5.74) is 2.17. The molecule has 4 aliphatic carbocycles. The fourth-order valence-corrected chi connectivity index (χ4v) is 7.26. The van der Waals surface area contributed by atoms with Crippen LogP contribution in [0.1, 0.15) is 70.6 Å². The zero-order valence-electron chi connectivity index (χ0n) is 19.3. The Balaban J connectivity index is 1.25. The molecule has 1 unspecified atom stereocenters. The van der Waals surface area contributed by atoms with Gasteiger partial charge in [0.15, 0.2) is 0 Å². The average Bonchev–Trinajstić information content (AvgIpc) is 2.74. The largest absolute Gasteiger partial charge is 0.391 e. The molecule has 1 aromatic heterocycles. The first-order valence-corrected chi connectivity index (χ1v) is 12.4. The Morgan fingerprint density at radius 3 is 2.42 bits per heavy atom. The van der Waals surface area contributed by atoms with Crippen LogP contribution >= 0.6 is 0 Å². The van der Waals surface area contributed by atoms with E-state index in [1.165, 1.54) is 38.5 Å². The summed E-state index contributed by atoms with van der Waals surface area (Å²) in [6.45, 7) is 8.03. The Hall–Kier alpha value is -1.69. The minimum absolute atomic E-state index is 0.0245. The number of amides is 1. The highest BCUT2D eigenvalue weighted by Gasteiger charge is 2.53. The second kappa shape index (κ2) is 8.02. The standard InChI is InChI=1S/C25H38N4O2/c1-15(2)16(3)24(31)29-5-4-20-21(13-29)27-14-28-23(20)26-12-22(30)25-9-17-6-18(10-25)8-19(7-17)11-25/h14-19,22,30H,4-13H2,1-3H3,(H,26,27,28)/t16?,17?,18?,19?,22-,25?/m1/s1. The topological polar surface area (TPSA) is 78.4 Å². The van der Waals surface area contributed by atoms with E-state index in [1.54, 1.807) is 6.33 Å². The molecule has 170 valence electrons. The lowest BCUT2D eigenvalue weighted by atomic mass is 9.48. The molecule has 1 aromatic rings. The fourth-order valence-electron chi connectivity index (χ4n) is 7.26. The van der Waals surface area contributed by atoms with Crippen LogP contribution in [0.25, 0.3) is 0 Å². The van der Waals surface area contributed by atoms with Crippen LogP contribution in [0.3, 0.4) is 0 Å². The van der Waals surface area contributed by atoms with Gasteiger partial charge in [-0.2, -0.15) is 0 Å². The van der Waals surface area contributed by atoms with Crippen molar-refractivity contribution >= 4 is 11.7 Å². The van der Waals surface area contributed by atoms with E-state index in [0.717, 1.165) is 41.2 Å². The molecule has 2 heterocycles. The van der Waals surface area contributed by atoms with E-state index < -0.39 is 0 Å². The quantitative estimate of drug-likeness (QED) is 0.726. The molecule has 1 aliphatic heterocycles. The molecule has 0 aromatic carbocycles. The van der Waals surface area contributed by atoms with Gasteiger partial charge < -0.3 is 15.3 Å². The Labute approximate surface area is 186 Å². The number of hydrogen-bond donors (Lipinski definition) is 2. The number of carbonyl (C=O) groups is 1. The number of fused-ring (bicyclic) bond motifs is 1. The van der Waals surface area contributed by atoms with Crippen LogP contribution in [0.4, 0.5) is 5.82 Å². The maximum Gasteiger partial charge on any atom is 0.226 e. The Kier molecular flexibility index (Phi) is 5.48. The van der Waals surface area contributed by atoms with Crippen molar-refractivity contribution in [2.24, 2.45) is 35.0 Å². The van der Waals surface area contributed by atoms with Gasteiger partial charge in [-0.15, -0.1) is 0 Å². The molecule has 1 amide bonds. The van der Waals surface area contributed by atoms with Gasteiger partial charge in [-0.25, -0.2) is 9.97 Å². The molecule has 6 nitrogen and oxygen atoms in total. The lowest BCUT2D eigenvalue weighted by Gasteiger charge is -2.58. The van der Waals surface area contributed by atoms with Crippen molar-refractivity contribution in [2.45, 2.75) is 78.4 Å². The number of nitrogens with one attached hydrogen (secondary N) is 1. The predicted octanol–water partition coefficient (Wildman–Crippen LogP) is 3.64. The normalized spacial score (nSPS) is 33.3. The van der Waals surface area contributed by atoms with Gasteiger partial charge >= 0.3 is 0 Å². The number of aliphatic hydroxyl groups excluding tert-OH is 1. The highest BCUT2D eigenvalue weighted by atomic mass is 16.3. The molecule has 2 N–H and O–H groups in total. The van der Waals surface area contributed by atoms with Gasteiger partial charge in [0.25, 0.3) is 0 Å². The van der Waals surface area contributed by atoms with Gasteiger partial charge in [0.2, 0.25) is 5.91 Å². The maximum absolute atomic E-state index is 12.8. The second-order valence-corrected chi connectivity index (χ2v) is 11.4. The van der Waals surface area contributed by atoms with E-state index in [4.69, 9.17) is 0 Å². The lowest BCUT2D eigenvalue weighted by Crippen LogP contribution is -2.53. The smallest absolute Gasteiger partial charge is 0.226 e. The van der Waals surface area contributed by atoms with Gasteiger partial charge in [-0.1, -0.05) is 20.8 Å². The molecule has 0 spiro atoms. The molecule has 0 radical (unpaired) electrons. The highest BCUT2D eigenvalue weighted by molar-refractivity contribution is 5.79. The predicted molar refractivity (Wildman–Crippen MR) is 120 cm³/mol. The number of carbonyl (C=O) groups excluding carboxylic acids is 1. The van der Waals surface area contributed by atoms with Crippen LogP contribution in [0.5, 0.6) is 0 Å². The first kappa shape index (κ1) is 21.2. The molecule has 2 atom stereocenters. The van der Waals surface area contributed by atoms with E-state index in [9.17, 15) is 9.90 Å². The Morgan fingerprint density at radius 2 is 1.81 bits per heavy atom. The van der Waals surface area contributed by atoms with Gasteiger partial charge in [-0.3, -0.25) is 4.79 Å². The van der Waals surface area contributed by atoms with Crippen molar-refractivity contribution in [1.29, 1.82) is 0 Å². The van der Waals surface area contributed by atoms with Crippen molar-refractivity contribution in [3.05, 3.63) is 17.6 Å². The van der Waals surface area contributed by atoms with E-state index in [0.29, 0.717) is 25.6 Å². The van der Waals surface area contributed by atoms with Gasteiger partial charge in [0.05, 0.1) is 18.3 Å². The Bertz CT molecular complexity index is 804. The van der Waals surface area contributed by atoms with Gasteiger partial charge in [0.1, 0.15) is 12.1 Å². The molecule has 0 saturated heterocycles. The molecular weight excluding hydrogens is 388 g/mol. The lowest BCUT2D eigenvalue weighted by molar-refractivity contribution is -0.137. The van der Waals surface area contributed by atoms with E-state index >= 15 is 0 Å². The van der Waals surface area contributed by atoms with Crippen molar-refractivity contribution in [2.75, 3.05) is 18.4 Å². The van der Waals surface area contributed by atoms with E-state index in [-0.39, 0.29) is 23.3 Å². The first-order chi connectivity index (χ1) is 14.8. The minimum atomic E-state index is -0.319. The molecular formula is C25H38N4O2. The van der Waals surface area contributed by atoms with Crippen molar-refractivity contribution in [1.82, 2.24) is 14.9 Å². The zero-order valence-corrected chi connectivity index (χ0v) is 19.3. The summed E-state index contributed by atoms with van der Waals surface area (Å²) < 4.78 is 0. The zero-order chi connectivity index (χ0) is 21.8. The minimum Gasteiger partial charge on any atom is -0.391 e. The van der Waals surface area contributed by atoms with Gasteiger partial charge in [-0.05, 0) is 74.0 Å². The third-order valence-electron chi connectivity index (χ3n) is 8.96. The summed E-state index contributed by atoms with van der Waals surface area (Å²) in [6.07, 6.45) is 9.83. The molecule has 6 rings (SSSR count). The summed E-state index contributed by atoms with van der Waals surface area (Å²) in [7, 11) is 0. The molecule has 4 fully saturated rings. The molecule has 4 saturated carbocycles.